The van der Waals surface area contributed by atoms with Crippen molar-refractivity contribution < 1.29 is 35.9 Å². The second-order valence-corrected chi connectivity index (χ2v) is 14.0. The molecule has 0 aromatic heterocycles. The largest absolute Gasteiger partial charge is 0.497 e. The van der Waals surface area contributed by atoms with Gasteiger partial charge in [0.05, 0.1) is 23.3 Å². The van der Waals surface area contributed by atoms with E-state index >= 15 is 0 Å². The summed E-state index contributed by atoms with van der Waals surface area (Å²) in [5.41, 5.74) is 0.673. The van der Waals surface area contributed by atoms with Gasteiger partial charge in [-0.25, -0.2) is 8.42 Å². The van der Waals surface area contributed by atoms with Crippen LogP contribution in [0.15, 0.2) is 108 Å². The van der Waals surface area contributed by atoms with E-state index in [1.165, 1.54) is 30.2 Å². The molecule has 0 aliphatic carbocycles. The Bertz CT molecular complexity index is 1830. The molecule has 0 spiro atoms. The molecule has 0 heterocycles. The number of carbonyl (C=O) groups is 2. The molecule has 0 bridgehead atoms. The van der Waals surface area contributed by atoms with Crippen molar-refractivity contribution in [3.8, 4) is 5.75 Å². The molecule has 0 aliphatic heterocycles. The molecular formula is C37H40F3N3O5S. The molecule has 4 aromatic carbocycles. The summed E-state index contributed by atoms with van der Waals surface area (Å²) in [7, 11) is -3.09. The number of alkyl halides is 3. The number of hydrogen-bond donors (Lipinski definition) is 1. The maximum absolute atomic E-state index is 14.6. The third-order valence-corrected chi connectivity index (χ3v) is 9.58. The van der Waals surface area contributed by atoms with Crippen LogP contribution in [0.1, 0.15) is 36.1 Å². The minimum atomic E-state index is -4.77. The quantitative estimate of drug-likeness (QED) is 0.160. The molecule has 8 nitrogen and oxygen atoms in total. The summed E-state index contributed by atoms with van der Waals surface area (Å²) in [6.45, 7) is 4.93. The Morgan fingerprint density at radius 3 is 2.14 bits per heavy atom. The lowest BCUT2D eigenvalue weighted by atomic mass is 10.0. The molecule has 0 aliphatic rings. The first-order valence-corrected chi connectivity index (χ1v) is 17.1. The zero-order chi connectivity index (χ0) is 35.8. The Balaban J connectivity index is 1.85. The Kier molecular flexibility index (Phi) is 12.1. The van der Waals surface area contributed by atoms with E-state index in [4.69, 9.17) is 4.74 Å². The van der Waals surface area contributed by atoms with Crippen LogP contribution >= 0.6 is 0 Å². The molecule has 1 atom stereocenters. The molecule has 12 heteroatoms. The fraction of sp³-hybridized carbons (Fsp3) is 0.297. The van der Waals surface area contributed by atoms with Crippen LogP contribution < -0.4 is 14.4 Å². The highest BCUT2D eigenvalue weighted by Gasteiger charge is 2.36. The van der Waals surface area contributed by atoms with E-state index in [0.29, 0.717) is 28.2 Å². The highest BCUT2D eigenvalue weighted by Crippen LogP contribution is 2.33. The summed E-state index contributed by atoms with van der Waals surface area (Å²) < 4.78 is 75.8. The van der Waals surface area contributed by atoms with Crippen LogP contribution in [0.5, 0.6) is 5.75 Å². The molecule has 2 amide bonds. The Morgan fingerprint density at radius 1 is 0.857 bits per heavy atom. The predicted octanol–water partition coefficient (Wildman–Crippen LogP) is 6.63. The van der Waals surface area contributed by atoms with Crippen molar-refractivity contribution in [1.29, 1.82) is 0 Å². The van der Waals surface area contributed by atoms with E-state index in [1.807, 2.05) is 32.0 Å². The minimum absolute atomic E-state index is 0.0920. The monoisotopic (exact) mass is 695 g/mol. The number of nitrogens with zero attached hydrogens (tertiary/aromatic N) is 2. The molecule has 4 aromatic rings. The zero-order valence-electron chi connectivity index (χ0n) is 27.8. The number of carbonyl (C=O) groups excluding carboxylic acids is 2. The Morgan fingerprint density at radius 2 is 1.51 bits per heavy atom. The number of nitrogens with one attached hydrogen (secondary N) is 1. The summed E-state index contributed by atoms with van der Waals surface area (Å²) in [6, 6.07) is 24.4. The number of methoxy groups -OCH3 is 1. The van der Waals surface area contributed by atoms with Gasteiger partial charge in [-0.15, -0.1) is 0 Å². The van der Waals surface area contributed by atoms with E-state index in [-0.39, 0.29) is 29.5 Å². The number of anilines is 1. The first-order valence-electron chi connectivity index (χ1n) is 15.7. The maximum Gasteiger partial charge on any atom is 0.416 e. The number of hydrogen-bond acceptors (Lipinski definition) is 5. The van der Waals surface area contributed by atoms with E-state index < -0.39 is 46.2 Å². The smallest absolute Gasteiger partial charge is 0.416 e. The number of amides is 2. The van der Waals surface area contributed by atoms with Crippen LogP contribution in [0.2, 0.25) is 0 Å². The average Bonchev–Trinajstić information content (AvgIpc) is 3.07. The molecule has 260 valence electrons. The van der Waals surface area contributed by atoms with Crippen molar-refractivity contribution >= 4 is 27.5 Å². The van der Waals surface area contributed by atoms with Gasteiger partial charge >= 0.3 is 6.18 Å². The number of halogens is 3. The van der Waals surface area contributed by atoms with Crippen molar-refractivity contribution in [2.45, 2.75) is 50.9 Å². The number of benzene rings is 4. The van der Waals surface area contributed by atoms with Crippen molar-refractivity contribution in [2.75, 3.05) is 24.5 Å². The lowest BCUT2D eigenvalue weighted by Gasteiger charge is -2.34. The summed E-state index contributed by atoms with van der Waals surface area (Å²) >= 11 is 0. The fourth-order valence-electron chi connectivity index (χ4n) is 5.15. The van der Waals surface area contributed by atoms with Gasteiger partial charge in [-0.2, -0.15) is 13.2 Å². The van der Waals surface area contributed by atoms with Gasteiger partial charge in [-0.05, 0) is 66.4 Å². The topological polar surface area (TPSA) is 96.0 Å². The van der Waals surface area contributed by atoms with Gasteiger partial charge in [-0.3, -0.25) is 13.9 Å². The maximum atomic E-state index is 14.6. The van der Waals surface area contributed by atoms with Gasteiger partial charge in [0.2, 0.25) is 11.8 Å². The van der Waals surface area contributed by atoms with Gasteiger partial charge in [0, 0.05) is 19.5 Å². The Labute approximate surface area is 285 Å². The van der Waals surface area contributed by atoms with Crippen LogP contribution in [0.25, 0.3) is 0 Å². The first kappa shape index (κ1) is 37.0. The fourth-order valence-corrected chi connectivity index (χ4v) is 6.55. The third-order valence-electron chi connectivity index (χ3n) is 7.79. The Hall–Kier alpha value is -4.84. The minimum Gasteiger partial charge on any atom is -0.497 e. The second kappa shape index (κ2) is 16.0. The van der Waals surface area contributed by atoms with Crippen molar-refractivity contribution in [1.82, 2.24) is 10.2 Å². The molecule has 0 saturated heterocycles. The molecule has 49 heavy (non-hydrogen) atoms. The second-order valence-electron chi connectivity index (χ2n) is 12.1. The van der Waals surface area contributed by atoms with Crippen LogP contribution in [-0.4, -0.2) is 51.4 Å². The van der Waals surface area contributed by atoms with Crippen molar-refractivity contribution in [2.24, 2.45) is 5.92 Å². The summed E-state index contributed by atoms with van der Waals surface area (Å²) in [6.07, 6.45) is -4.68. The standard InChI is InChI=1S/C37H40F3N3O5S/c1-26(2)23-41-36(45)34(21-28-10-6-5-7-11-28)42(24-29-12-8-15-32(20-29)48-4)35(44)25-43(31-14-9-13-30(22-31)37(38,39)40)49(46,47)33-18-16-27(3)17-19-33/h5-20,22,26,34H,21,23-25H2,1-4H3,(H,41,45). The van der Waals surface area contributed by atoms with E-state index in [2.05, 4.69) is 5.32 Å². The van der Waals surface area contributed by atoms with Crippen LogP contribution in [-0.2, 0) is 38.8 Å². The lowest BCUT2D eigenvalue weighted by Crippen LogP contribution is -2.53. The molecule has 1 N–H and O–H groups in total. The highest BCUT2D eigenvalue weighted by atomic mass is 32.2. The molecule has 1 unspecified atom stereocenters. The lowest BCUT2D eigenvalue weighted by molar-refractivity contribution is -0.140. The van der Waals surface area contributed by atoms with Gasteiger partial charge in [0.25, 0.3) is 10.0 Å². The van der Waals surface area contributed by atoms with Gasteiger partial charge in [0.1, 0.15) is 18.3 Å². The number of ether oxygens (including phenoxy) is 1. The van der Waals surface area contributed by atoms with Crippen LogP contribution in [0.3, 0.4) is 0 Å². The summed E-state index contributed by atoms with van der Waals surface area (Å²) in [4.78, 5) is 29.5. The molecule has 4 rings (SSSR count). The van der Waals surface area contributed by atoms with Crippen LogP contribution in [0, 0.1) is 12.8 Å². The SMILES string of the molecule is COc1cccc(CN(C(=O)CN(c2cccc(C(F)(F)F)c2)S(=O)(=O)c2ccc(C)cc2)C(Cc2ccccc2)C(=O)NCC(C)C)c1. The predicted molar refractivity (Wildman–Crippen MR) is 182 cm³/mol. The van der Waals surface area contributed by atoms with Crippen LogP contribution in [0.4, 0.5) is 18.9 Å². The normalized spacial score (nSPS) is 12.3. The van der Waals surface area contributed by atoms with E-state index in [9.17, 15) is 31.2 Å². The summed E-state index contributed by atoms with van der Waals surface area (Å²) in [5, 5.41) is 2.90. The van der Waals surface area contributed by atoms with Gasteiger partial charge in [0.15, 0.2) is 0 Å². The summed E-state index contributed by atoms with van der Waals surface area (Å²) in [5.74, 6) is -0.654. The van der Waals surface area contributed by atoms with Crippen molar-refractivity contribution in [3.63, 3.8) is 0 Å². The number of aryl methyl sites for hydroxylation is 1. The molecule has 0 saturated carbocycles. The number of rotatable bonds is 14. The van der Waals surface area contributed by atoms with Gasteiger partial charge in [-0.1, -0.05) is 80.1 Å². The molecule has 0 fully saturated rings. The molecular weight excluding hydrogens is 655 g/mol. The average molecular weight is 696 g/mol. The van der Waals surface area contributed by atoms with E-state index in [0.717, 1.165) is 23.3 Å². The van der Waals surface area contributed by atoms with Gasteiger partial charge < -0.3 is 15.0 Å². The first-order chi connectivity index (χ1) is 23.2. The highest BCUT2D eigenvalue weighted by molar-refractivity contribution is 7.92. The van der Waals surface area contributed by atoms with Crippen molar-refractivity contribution in [3.05, 3.63) is 125 Å². The zero-order valence-corrected chi connectivity index (χ0v) is 28.6. The molecule has 0 radical (unpaired) electrons. The van der Waals surface area contributed by atoms with E-state index in [1.54, 1.807) is 55.5 Å². The third kappa shape index (κ3) is 9.85. The number of sulfonamides is 1.